The van der Waals surface area contributed by atoms with Crippen molar-refractivity contribution >= 4 is 21.9 Å². The van der Waals surface area contributed by atoms with Crippen molar-refractivity contribution in [2.45, 2.75) is 28.5 Å². The Bertz CT molecular complexity index is 371. The van der Waals surface area contributed by atoms with Gasteiger partial charge in [-0.2, -0.15) is 17.6 Å². The highest BCUT2D eigenvalue weighted by Crippen LogP contribution is 2.53. The molecule has 9 heteroatoms. The molecule has 3 atom stereocenters. The average molecular weight is 327 g/mol. The summed E-state index contributed by atoms with van der Waals surface area (Å²) in [5.41, 5.74) is -4.22. The van der Waals surface area contributed by atoms with E-state index in [1.54, 1.807) is 0 Å². The normalized spacial score (nSPS) is 36.5. The molecule has 0 saturated heterocycles. The van der Waals surface area contributed by atoms with Gasteiger partial charge in [0.2, 0.25) is 5.67 Å². The Hall–Kier alpha value is -0.730. The lowest BCUT2D eigenvalue weighted by Crippen LogP contribution is -2.65. The van der Waals surface area contributed by atoms with Gasteiger partial charge >= 0.3 is 17.8 Å². The maximum atomic E-state index is 13.8. The number of hydrogen-bond donors (Lipinski definition) is 1. The first-order valence-electron chi connectivity index (χ1n) is 4.13. The third kappa shape index (κ3) is 1.74. The maximum Gasteiger partial charge on any atom is 0.351 e. The number of allylic oxidation sites excluding steroid dienone is 2. The molecule has 3 unspecified atom stereocenters. The Labute approximate surface area is 99.4 Å². The van der Waals surface area contributed by atoms with Crippen molar-refractivity contribution in [2.75, 3.05) is 0 Å². The van der Waals surface area contributed by atoms with E-state index in [2.05, 4.69) is 0 Å². The molecule has 98 valence electrons. The fraction of sp³-hybridized carbons (Fsp3) is 0.625. The second-order valence-corrected chi connectivity index (χ2v) is 4.34. The molecule has 0 heterocycles. The molecular weight excluding hydrogens is 322 g/mol. The fourth-order valence-electron chi connectivity index (χ4n) is 1.30. The molecule has 0 radical (unpaired) electrons. The Morgan fingerprint density at radius 1 is 1.29 bits per heavy atom. The lowest BCUT2D eigenvalue weighted by molar-refractivity contribution is -0.280. The quantitative estimate of drug-likeness (QED) is 0.481. The predicted molar refractivity (Wildman–Crippen MR) is 48.1 cm³/mol. The minimum atomic E-state index is -5.49. The highest BCUT2D eigenvalue weighted by Gasteiger charge is 2.76. The zero-order valence-corrected chi connectivity index (χ0v) is 9.40. The highest BCUT2D eigenvalue weighted by atomic mass is 79.9. The fourth-order valence-corrected chi connectivity index (χ4v) is 1.74. The average Bonchev–Trinajstić information content (AvgIpc) is 2.21. The number of rotatable bonds is 2. The van der Waals surface area contributed by atoms with E-state index in [1.807, 2.05) is 15.9 Å². The van der Waals surface area contributed by atoms with Crippen LogP contribution in [0.1, 0.15) is 0 Å². The second-order valence-electron chi connectivity index (χ2n) is 3.43. The number of hydrogen-bond acceptors (Lipinski definition) is 1. The van der Waals surface area contributed by atoms with Crippen LogP contribution in [0.25, 0.3) is 0 Å². The van der Waals surface area contributed by atoms with Crippen LogP contribution in [0.15, 0.2) is 12.2 Å². The molecular formula is C8H5BrF6O2. The molecule has 0 aromatic rings. The van der Waals surface area contributed by atoms with Crippen molar-refractivity contribution in [3.8, 4) is 0 Å². The van der Waals surface area contributed by atoms with E-state index in [0.29, 0.717) is 0 Å². The van der Waals surface area contributed by atoms with Crippen LogP contribution in [0.3, 0.4) is 0 Å². The largest absolute Gasteiger partial charge is 0.480 e. The number of carboxylic acid groups (broad SMARTS) is 1. The van der Waals surface area contributed by atoms with Crippen LogP contribution in [0.2, 0.25) is 0 Å². The monoisotopic (exact) mass is 326 g/mol. The van der Waals surface area contributed by atoms with Gasteiger partial charge in [-0.25, -0.2) is 8.78 Å². The second kappa shape index (κ2) is 3.89. The van der Waals surface area contributed by atoms with Crippen molar-refractivity contribution in [2.24, 2.45) is 0 Å². The van der Waals surface area contributed by atoms with E-state index in [4.69, 9.17) is 5.11 Å². The summed E-state index contributed by atoms with van der Waals surface area (Å²) in [6.45, 7) is 0. The van der Waals surface area contributed by atoms with E-state index < -0.39 is 34.5 Å². The highest BCUT2D eigenvalue weighted by molar-refractivity contribution is 9.10. The van der Waals surface area contributed by atoms with Crippen LogP contribution in [-0.2, 0) is 4.79 Å². The lowest BCUT2D eigenvalue weighted by atomic mass is 9.82. The summed E-state index contributed by atoms with van der Waals surface area (Å²) in [7, 11) is 0. The molecule has 0 aromatic heterocycles. The summed E-state index contributed by atoms with van der Waals surface area (Å²) in [6, 6.07) is 0. The van der Waals surface area contributed by atoms with Crippen molar-refractivity contribution in [3.63, 3.8) is 0 Å². The molecule has 0 aromatic carbocycles. The molecule has 1 rings (SSSR count). The van der Waals surface area contributed by atoms with E-state index in [1.165, 1.54) is 0 Å². The van der Waals surface area contributed by atoms with Gasteiger partial charge in [-0.05, 0) is 12.2 Å². The predicted octanol–water partition coefficient (Wildman–Crippen LogP) is 2.72. The molecule has 17 heavy (non-hydrogen) atoms. The third-order valence-electron chi connectivity index (χ3n) is 2.34. The number of halogens is 7. The van der Waals surface area contributed by atoms with Gasteiger partial charge in [0.05, 0.1) is 0 Å². The van der Waals surface area contributed by atoms with Crippen LogP contribution in [0.4, 0.5) is 26.3 Å². The molecule has 2 nitrogen and oxygen atoms in total. The molecule has 0 bridgehead atoms. The minimum absolute atomic E-state index is 0.116. The zero-order chi connectivity index (χ0) is 13.6. The van der Waals surface area contributed by atoms with Gasteiger partial charge in [-0.1, -0.05) is 15.9 Å². The first-order valence-corrected chi connectivity index (χ1v) is 5.05. The summed E-state index contributed by atoms with van der Waals surface area (Å²) in [6.07, 6.45) is -3.69. The molecule has 1 aliphatic carbocycles. The van der Waals surface area contributed by atoms with Gasteiger partial charge in [0, 0.05) is 0 Å². The van der Waals surface area contributed by atoms with Crippen LogP contribution in [0.5, 0.6) is 0 Å². The SMILES string of the molecule is O=C(O)C(Br)C1(F)C=CC(F)C(F)(F)C1(F)F. The maximum absolute atomic E-state index is 13.8. The summed E-state index contributed by atoms with van der Waals surface area (Å²) in [4.78, 5) is 7.77. The van der Waals surface area contributed by atoms with Crippen molar-refractivity contribution in [1.29, 1.82) is 0 Å². The van der Waals surface area contributed by atoms with Crippen LogP contribution >= 0.6 is 15.9 Å². The number of alkyl halides is 7. The molecule has 0 amide bonds. The van der Waals surface area contributed by atoms with E-state index >= 15 is 0 Å². The Morgan fingerprint density at radius 2 is 1.76 bits per heavy atom. The number of carbonyl (C=O) groups is 1. The standard InChI is InChI=1S/C8H5BrF6O2/c9-4(5(16)17)6(11)2-1-3(10)7(12,13)8(6,14)15/h1-4H,(H,16,17). The van der Waals surface area contributed by atoms with Crippen molar-refractivity contribution < 1.29 is 36.2 Å². The summed E-state index contributed by atoms with van der Waals surface area (Å²) in [5.74, 6) is -12.9. The molecule has 1 N–H and O–H groups in total. The van der Waals surface area contributed by atoms with Gasteiger partial charge in [0.15, 0.2) is 11.0 Å². The summed E-state index contributed by atoms with van der Waals surface area (Å²) < 4.78 is 78.5. The zero-order valence-electron chi connectivity index (χ0n) is 7.81. The molecule has 0 saturated carbocycles. The first-order chi connectivity index (χ1) is 7.48. The Kier molecular flexibility index (Phi) is 3.28. The van der Waals surface area contributed by atoms with Crippen LogP contribution in [0, 0.1) is 0 Å². The van der Waals surface area contributed by atoms with E-state index in [0.717, 1.165) is 0 Å². The van der Waals surface area contributed by atoms with Crippen molar-refractivity contribution in [3.05, 3.63) is 12.2 Å². The van der Waals surface area contributed by atoms with E-state index in [9.17, 15) is 31.1 Å². The molecule has 0 spiro atoms. The number of carboxylic acids is 1. The third-order valence-corrected chi connectivity index (χ3v) is 3.40. The van der Waals surface area contributed by atoms with Gasteiger partial charge in [-0.15, -0.1) is 0 Å². The Morgan fingerprint density at radius 3 is 2.18 bits per heavy atom. The van der Waals surface area contributed by atoms with Gasteiger partial charge in [-0.3, -0.25) is 4.79 Å². The smallest absolute Gasteiger partial charge is 0.351 e. The summed E-state index contributed by atoms with van der Waals surface area (Å²) in [5, 5.41) is 8.38. The molecule has 0 fully saturated rings. The van der Waals surface area contributed by atoms with Crippen LogP contribution in [-0.4, -0.2) is 39.6 Å². The lowest BCUT2D eigenvalue weighted by Gasteiger charge is -2.41. The van der Waals surface area contributed by atoms with Crippen molar-refractivity contribution in [1.82, 2.24) is 0 Å². The summed E-state index contributed by atoms with van der Waals surface area (Å²) >= 11 is 2.05. The molecule has 1 aliphatic rings. The van der Waals surface area contributed by atoms with Crippen LogP contribution < -0.4 is 0 Å². The first kappa shape index (κ1) is 14.3. The van der Waals surface area contributed by atoms with Gasteiger partial charge < -0.3 is 5.11 Å². The molecule has 0 aliphatic heterocycles. The Balaban J connectivity index is 3.35. The van der Waals surface area contributed by atoms with Gasteiger partial charge in [0.1, 0.15) is 0 Å². The number of aliphatic carboxylic acids is 1. The topological polar surface area (TPSA) is 37.3 Å². The van der Waals surface area contributed by atoms with E-state index in [-0.39, 0.29) is 12.2 Å². The van der Waals surface area contributed by atoms with Gasteiger partial charge in [0.25, 0.3) is 0 Å². The minimum Gasteiger partial charge on any atom is -0.480 e.